The number of aromatic nitrogens is 2. The molecule has 0 aromatic carbocycles. The first-order chi connectivity index (χ1) is 14.1. The number of carbonyl (C=O) groups excluding carboxylic acids is 1. The number of nitrogen functional groups attached to an aromatic ring is 1. The number of anilines is 1. The molecule has 0 radical (unpaired) electrons. The number of hydrogen-bond donors (Lipinski definition) is 1. The molecule has 2 aromatic rings. The van der Waals surface area contributed by atoms with Gasteiger partial charge in [-0.2, -0.15) is 0 Å². The van der Waals surface area contributed by atoms with Crippen LogP contribution in [-0.2, 0) is 13.1 Å². The minimum absolute atomic E-state index is 0.0755. The van der Waals surface area contributed by atoms with Gasteiger partial charge in [0.05, 0.1) is 0 Å². The number of carbonyl (C=O) groups is 1. The van der Waals surface area contributed by atoms with Gasteiger partial charge in [0.15, 0.2) is 0 Å². The molecule has 3 aliphatic heterocycles. The molecule has 7 heteroatoms. The molecular weight excluding hydrogens is 366 g/mol. The number of fused-ring (bicyclic) bond motifs is 4. The second-order valence-electron chi connectivity index (χ2n) is 8.64. The predicted octanol–water partition coefficient (Wildman–Crippen LogP) is 1.68. The average molecular weight is 393 g/mol. The summed E-state index contributed by atoms with van der Waals surface area (Å²) in [7, 11) is 0. The number of likely N-dealkylation sites (tertiary alicyclic amines) is 2. The van der Waals surface area contributed by atoms with Crippen LogP contribution in [0.5, 0.6) is 0 Å². The smallest absolute Gasteiger partial charge is 0.272 e. The molecule has 2 fully saturated rings. The Morgan fingerprint density at radius 1 is 1.10 bits per heavy atom. The zero-order valence-corrected chi connectivity index (χ0v) is 16.6. The lowest BCUT2D eigenvalue weighted by Gasteiger charge is -2.42. The Morgan fingerprint density at radius 2 is 1.93 bits per heavy atom. The van der Waals surface area contributed by atoms with Gasteiger partial charge in [-0.05, 0) is 56.5 Å². The van der Waals surface area contributed by atoms with Gasteiger partial charge < -0.3 is 15.2 Å². The summed E-state index contributed by atoms with van der Waals surface area (Å²) in [5.41, 5.74) is 8.25. The van der Waals surface area contributed by atoms with Crippen LogP contribution in [0.15, 0.2) is 35.1 Å². The Kier molecular flexibility index (Phi) is 4.62. The van der Waals surface area contributed by atoms with Crippen molar-refractivity contribution in [3.05, 3.63) is 57.6 Å². The number of pyridine rings is 2. The third-order valence-corrected chi connectivity index (χ3v) is 6.55. The molecule has 0 aliphatic carbocycles. The van der Waals surface area contributed by atoms with E-state index in [4.69, 9.17) is 5.73 Å². The Hall–Kier alpha value is -2.67. The highest BCUT2D eigenvalue weighted by atomic mass is 16.2. The van der Waals surface area contributed by atoms with Crippen molar-refractivity contribution >= 4 is 11.7 Å². The van der Waals surface area contributed by atoms with E-state index in [-0.39, 0.29) is 17.4 Å². The molecule has 0 saturated carbocycles. The summed E-state index contributed by atoms with van der Waals surface area (Å²) < 4.78 is 1.98. The molecule has 7 nitrogen and oxygen atoms in total. The van der Waals surface area contributed by atoms with E-state index in [2.05, 4.69) is 16.0 Å². The quantitative estimate of drug-likeness (QED) is 0.858. The molecular formula is C22H27N5O2. The second kappa shape index (κ2) is 7.30. The molecule has 1 amide bonds. The normalized spacial score (nSPS) is 23.8. The maximum atomic E-state index is 13.1. The summed E-state index contributed by atoms with van der Waals surface area (Å²) in [5.74, 6) is 0.774. The van der Waals surface area contributed by atoms with Crippen LogP contribution in [0.3, 0.4) is 0 Å². The lowest BCUT2D eigenvalue weighted by atomic mass is 9.83. The lowest BCUT2D eigenvalue weighted by molar-refractivity contribution is 0.0588. The van der Waals surface area contributed by atoms with Gasteiger partial charge in [-0.3, -0.25) is 14.5 Å². The van der Waals surface area contributed by atoms with E-state index in [9.17, 15) is 9.59 Å². The first kappa shape index (κ1) is 18.4. The van der Waals surface area contributed by atoms with Crippen molar-refractivity contribution in [2.45, 2.75) is 38.3 Å². The van der Waals surface area contributed by atoms with Crippen LogP contribution in [0.4, 0.5) is 5.82 Å². The zero-order chi connectivity index (χ0) is 20.0. The van der Waals surface area contributed by atoms with Crippen molar-refractivity contribution in [3.63, 3.8) is 0 Å². The third kappa shape index (κ3) is 3.44. The second-order valence-corrected chi connectivity index (χ2v) is 8.64. The molecule has 5 heterocycles. The van der Waals surface area contributed by atoms with Gasteiger partial charge in [-0.1, -0.05) is 12.1 Å². The minimum Gasteiger partial charge on any atom is -0.384 e. The summed E-state index contributed by atoms with van der Waals surface area (Å²) in [6, 6.07) is 9.28. The van der Waals surface area contributed by atoms with Crippen molar-refractivity contribution in [1.82, 2.24) is 19.4 Å². The fourth-order valence-electron chi connectivity index (χ4n) is 5.19. The Morgan fingerprint density at radius 3 is 2.72 bits per heavy atom. The van der Waals surface area contributed by atoms with Gasteiger partial charge in [0.1, 0.15) is 11.5 Å². The molecule has 0 unspecified atom stereocenters. The van der Waals surface area contributed by atoms with Crippen molar-refractivity contribution in [1.29, 1.82) is 0 Å². The van der Waals surface area contributed by atoms with E-state index in [0.717, 1.165) is 37.3 Å². The summed E-state index contributed by atoms with van der Waals surface area (Å²) in [4.78, 5) is 34.5. The molecule has 2 atom stereocenters. The predicted molar refractivity (Wildman–Crippen MR) is 111 cm³/mol. The fraction of sp³-hybridized carbons (Fsp3) is 0.500. The van der Waals surface area contributed by atoms with Gasteiger partial charge >= 0.3 is 0 Å². The third-order valence-electron chi connectivity index (χ3n) is 6.55. The van der Waals surface area contributed by atoms with Gasteiger partial charge in [0.2, 0.25) is 0 Å². The van der Waals surface area contributed by atoms with Gasteiger partial charge in [0.25, 0.3) is 11.5 Å². The van der Waals surface area contributed by atoms with Crippen molar-refractivity contribution < 1.29 is 4.79 Å². The first-order valence-corrected chi connectivity index (χ1v) is 10.6. The molecule has 0 spiro atoms. The Balaban J connectivity index is 1.38. The maximum Gasteiger partial charge on any atom is 0.272 e. The number of amides is 1. The highest BCUT2D eigenvalue weighted by molar-refractivity contribution is 5.92. The highest BCUT2D eigenvalue weighted by Crippen LogP contribution is 2.35. The largest absolute Gasteiger partial charge is 0.384 e. The number of hydrogen-bond acceptors (Lipinski definition) is 5. The molecule has 3 aliphatic rings. The highest BCUT2D eigenvalue weighted by Gasteiger charge is 2.37. The SMILES string of the molecule is Nc1cccc(C(=O)N2C[C@@H]3C[C@H](C2)c2ccc(CN4CCCC4)c(=O)n2C3)n1. The lowest BCUT2D eigenvalue weighted by Crippen LogP contribution is -2.49. The number of piperidine rings is 1. The molecule has 2 N–H and O–H groups in total. The average Bonchev–Trinajstić information content (AvgIpc) is 3.23. The molecule has 152 valence electrons. The molecule has 2 bridgehead atoms. The Labute approximate surface area is 170 Å². The summed E-state index contributed by atoms with van der Waals surface area (Å²) in [6.45, 7) is 4.89. The number of nitrogens with zero attached hydrogens (tertiary/aromatic N) is 4. The molecule has 5 rings (SSSR count). The molecule has 2 aromatic heterocycles. The van der Waals surface area contributed by atoms with Crippen LogP contribution in [0, 0.1) is 5.92 Å². The van der Waals surface area contributed by atoms with Crippen LogP contribution in [-0.4, -0.2) is 51.4 Å². The summed E-state index contributed by atoms with van der Waals surface area (Å²) in [6.07, 6.45) is 3.48. The number of rotatable bonds is 3. The van der Waals surface area contributed by atoms with Crippen LogP contribution in [0.25, 0.3) is 0 Å². The van der Waals surface area contributed by atoms with Crippen molar-refractivity contribution in [2.24, 2.45) is 5.92 Å². The summed E-state index contributed by atoms with van der Waals surface area (Å²) >= 11 is 0. The monoisotopic (exact) mass is 393 g/mol. The molecule has 29 heavy (non-hydrogen) atoms. The van der Waals surface area contributed by atoms with Gasteiger partial charge in [-0.15, -0.1) is 0 Å². The zero-order valence-electron chi connectivity index (χ0n) is 16.6. The van der Waals surface area contributed by atoms with E-state index in [1.807, 2.05) is 15.5 Å². The summed E-state index contributed by atoms with van der Waals surface area (Å²) in [5, 5.41) is 0. The molecule has 2 saturated heterocycles. The van der Waals surface area contributed by atoms with Crippen LogP contribution in [0.1, 0.15) is 46.9 Å². The Bertz CT molecular complexity index is 995. The standard InChI is InChI=1S/C22H27N5O2/c23-20-5-3-4-18(24-20)22(29)26-11-15-10-17(14-26)19-7-6-16(21(28)27(19)12-15)13-25-8-1-2-9-25/h3-7,15,17H,1-2,8-14H2,(H2,23,24)/t15-,17+/m0/s1. The topological polar surface area (TPSA) is 84.5 Å². The minimum atomic E-state index is -0.0755. The number of nitrogens with two attached hydrogens (primary N) is 1. The van der Waals surface area contributed by atoms with E-state index in [1.54, 1.807) is 18.2 Å². The van der Waals surface area contributed by atoms with Gasteiger partial charge in [-0.25, -0.2) is 4.98 Å². The fourth-order valence-corrected chi connectivity index (χ4v) is 5.19. The van der Waals surface area contributed by atoms with Gasteiger partial charge in [0, 0.05) is 43.4 Å². The van der Waals surface area contributed by atoms with Crippen LogP contribution < -0.4 is 11.3 Å². The van der Waals surface area contributed by atoms with E-state index in [0.29, 0.717) is 37.1 Å². The first-order valence-electron chi connectivity index (χ1n) is 10.6. The van der Waals surface area contributed by atoms with E-state index < -0.39 is 0 Å². The van der Waals surface area contributed by atoms with Crippen molar-refractivity contribution in [2.75, 3.05) is 31.9 Å². The van der Waals surface area contributed by atoms with E-state index >= 15 is 0 Å². The van der Waals surface area contributed by atoms with E-state index in [1.165, 1.54) is 12.8 Å². The van der Waals surface area contributed by atoms with Crippen molar-refractivity contribution in [3.8, 4) is 0 Å². The maximum absolute atomic E-state index is 13.1. The van der Waals surface area contributed by atoms with Crippen LogP contribution in [0.2, 0.25) is 0 Å². The van der Waals surface area contributed by atoms with Crippen LogP contribution >= 0.6 is 0 Å².